The van der Waals surface area contributed by atoms with E-state index in [0.717, 1.165) is 12.1 Å². The summed E-state index contributed by atoms with van der Waals surface area (Å²) in [7, 11) is 0. The van der Waals surface area contributed by atoms with E-state index in [4.69, 9.17) is 15.2 Å². The molecule has 2 aromatic rings. The number of anilines is 2. The molecule has 3 atom stereocenters. The molecule has 2 aliphatic heterocycles. The first-order valence-electron chi connectivity index (χ1n) is 8.76. The fourth-order valence-corrected chi connectivity index (χ4v) is 3.60. The summed E-state index contributed by atoms with van der Waals surface area (Å²) >= 11 is 0. The Kier molecular flexibility index (Phi) is 4.63. The lowest BCUT2D eigenvalue weighted by molar-refractivity contribution is 0.140. The van der Waals surface area contributed by atoms with Crippen LogP contribution < -0.4 is 15.4 Å². The first-order chi connectivity index (χ1) is 12.6. The Hall–Kier alpha value is -2.41. The Morgan fingerprint density at radius 1 is 1.27 bits per heavy atom. The van der Waals surface area contributed by atoms with Gasteiger partial charge in [-0.25, -0.2) is 13.8 Å². The summed E-state index contributed by atoms with van der Waals surface area (Å²) in [6.07, 6.45) is 1.60. The van der Waals surface area contributed by atoms with Crippen LogP contribution in [-0.2, 0) is 4.74 Å². The van der Waals surface area contributed by atoms with Gasteiger partial charge in [-0.15, -0.1) is 0 Å². The van der Waals surface area contributed by atoms with Crippen molar-refractivity contribution >= 4 is 11.5 Å². The molecule has 3 heterocycles. The third-order valence-corrected chi connectivity index (χ3v) is 4.86. The molecule has 1 aromatic carbocycles. The predicted octanol–water partition coefficient (Wildman–Crippen LogP) is 3.26. The van der Waals surface area contributed by atoms with Crippen molar-refractivity contribution in [2.75, 3.05) is 30.4 Å². The van der Waals surface area contributed by atoms with Gasteiger partial charge in [0, 0.05) is 24.9 Å². The van der Waals surface area contributed by atoms with E-state index in [0.29, 0.717) is 30.3 Å². The van der Waals surface area contributed by atoms with E-state index >= 15 is 0 Å². The number of ether oxygens (including phenoxy) is 2. The lowest BCUT2D eigenvalue weighted by Crippen LogP contribution is -2.25. The van der Waals surface area contributed by atoms with Gasteiger partial charge >= 0.3 is 0 Å². The fraction of sp³-hybridized carbons (Fsp3) is 0.421. The van der Waals surface area contributed by atoms with Crippen molar-refractivity contribution < 1.29 is 18.3 Å². The number of nitrogens with two attached hydrogens (primary N) is 1. The predicted molar refractivity (Wildman–Crippen MR) is 94.5 cm³/mol. The zero-order chi connectivity index (χ0) is 18.1. The van der Waals surface area contributed by atoms with Gasteiger partial charge in [0.15, 0.2) is 0 Å². The Morgan fingerprint density at radius 2 is 2.15 bits per heavy atom. The van der Waals surface area contributed by atoms with E-state index in [1.165, 1.54) is 12.1 Å². The van der Waals surface area contributed by atoms with E-state index in [-0.39, 0.29) is 30.9 Å². The molecule has 2 aliphatic rings. The molecule has 4 rings (SSSR count). The molecule has 0 spiro atoms. The van der Waals surface area contributed by atoms with Crippen molar-refractivity contribution in [3.63, 3.8) is 0 Å². The van der Waals surface area contributed by atoms with Crippen LogP contribution in [0, 0.1) is 5.82 Å². The van der Waals surface area contributed by atoms with Crippen LogP contribution in [0.1, 0.15) is 24.4 Å². The normalized spacial score (nSPS) is 25.6. The van der Waals surface area contributed by atoms with Crippen molar-refractivity contribution in [3.05, 3.63) is 47.9 Å². The zero-order valence-electron chi connectivity index (χ0n) is 14.3. The monoisotopic (exact) mass is 361 g/mol. The maximum atomic E-state index is 14.3. The molecule has 0 amide bonds. The largest absolute Gasteiger partial charge is 0.488 e. The number of alkyl halides is 1. The number of pyridine rings is 1. The Bertz CT molecular complexity index is 766. The van der Waals surface area contributed by atoms with Gasteiger partial charge in [0.05, 0.1) is 31.1 Å². The summed E-state index contributed by atoms with van der Waals surface area (Å²) in [5, 5.41) is 0. The fourth-order valence-electron chi connectivity index (χ4n) is 3.60. The first-order valence-corrected chi connectivity index (χ1v) is 8.76. The first kappa shape index (κ1) is 17.0. The van der Waals surface area contributed by atoms with Crippen molar-refractivity contribution in [1.82, 2.24) is 4.98 Å². The van der Waals surface area contributed by atoms with Crippen LogP contribution in [0.4, 0.5) is 20.3 Å². The van der Waals surface area contributed by atoms with Crippen LogP contribution in [0.25, 0.3) is 0 Å². The van der Waals surface area contributed by atoms with Crippen LogP contribution >= 0.6 is 0 Å². The number of hydrogen-bond donors (Lipinski definition) is 1. The number of rotatable bonds is 4. The molecular formula is C19H21F2N3O2. The summed E-state index contributed by atoms with van der Waals surface area (Å²) in [4.78, 5) is 5.98. The number of nitrogens with zero attached hydrogens (tertiary/aromatic N) is 2. The lowest BCUT2D eigenvalue weighted by atomic mass is 10.0. The lowest BCUT2D eigenvalue weighted by Gasteiger charge is -2.28. The number of hydrogen-bond acceptors (Lipinski definition) is 5. The molecule has 0 radical (unpaired) electrons. The number of halogens is 2. The number of nitrogen functional groups attached to an aromatic ring is 1. The minimum atomic E-state index is -1.01. The van der Waals surface area contributed by atoms with Crippen molar-refractivity contribution in [1.29, 1.82) is 0 Å². The van der Waals surface area contributed by atoms with E-state index < -0.39 is 6.17 Å². The van der Waals surface area contributed by atoms with Crippen LogP contribution in [0.15, 0.2) is 36.5 Å². The average molecular weight is 361 g/mol. The average Bonchev–Trinajstić information content (AvgIpc) is 3.27. The molecule has 5 nitrogen and oxygen atoms in total. The summed E-state index contributed by atoms with van der Waals surface area (Å²) in [5.74, 6) is 0.611. The van der Waals surface area contributed by atoms with Crippen molar-refractivity contribution in [2.45, 2.75) is 31.2 Å². The SMILES string of the molecule is Nc1ccc(N2C[C@@H](F)C[C@@H]2c2cc(F)ccc2OC2CCOC2)cn1. The standard InChI is InChI=1S/C19H21F2N3O2/c20-12-1-3-18(26-15-5-6-25-11-15)16(7-12)17-8-13(21)10-24(17)14-2-4-19(22)23-9-14/h1-4,7,9,13,15,17H,5-6,8,10-11H2,(H2,22,23)/t13-,15?,17+/m0/s1. The number of benzene rings is 1. The maximum absolute atomic E-state index is 14.3. The molecule has 0 saturated carbocycles. The van der Waals surface area contributed by atoms with Crippen LogP contribution in [0.2, 0.25) is 0 Å². The van der Waals surface area contributed by atoms with Crippen molar-refractivity contribution in [2.24, 2.45) is 0 Å². The molecular weight excluding hydrogens is 340 g/mol. The highest BCUT2D eigenvalue weighted by Crippen LogP contribution is 2.41. The summed E-state index contributed by atoms with van der Waals surface area (Å²) < 4.78 is 39.6. The molecule has 26 heavy (non-hydrogen) atoms. The third-order valence-electron chi connectivity index (χ3n) is 4.86. The summed E-state index contributed by atoms with van der Waals surface area (Å²) in [5.41, 5.74) is 7.05. The van der Waals surface area contributed by atoms with Gasteiger partial charge in [0.25, 0.3) is 0 Å². The van der Waals surface area contributed by atoms with E-state index in [1.807, 2.05) is 4.90 Å². The maximum Gasteiger partial charge on any atom is 0.125 e. The molecule has 0 aliphatic carbocycles. The molecule has 2 N–H and O–H groups in total. The Balaban J connectivity index is 1.67. The van der Waals surface area contributed by atoms with Gasteiger partial charge in [-0.2, -0.15) is 0 Å². The second-order valence-electron chi connectivity index (χ2n) is 6.73. The van der Waals surface area contributed by atoms with E-state index in [9.17, 15) is 8.78 Å². The number of aromatic nitrogens is 1. The second kappa shape index (κ2) is 7.07. The smallest absolute Gasteiger partial charge is 0.125 e. The molecule has 0 bridgehead atoms. The Labute approximate surface area is 150 Å². The minimum absolute atomic E-state index is 0.0616. The molecule has 1 aromatic heterocycles. The van der Waals surface area contributed by atoms with Crippen LogP contribution in [0.5, 0.6) is 5.75 Å². The highest BCUT2D eigenvalue weighted by molar-refractivity contribution is 5.53. The summed E-state index contributed by atoms with van der Waals surface area (Å²) in [6.45, 7) is 1.39. The van der Waals surface area contributed by atoms with E-state index in [2.05, 4.69) is 4.98 Å². The third kappa shape index (κ3) is 3.44. The van der Waals surface area contributed by atoms with Crippen molar-refractivity contribution in [3.8, 4) is 5.75 Å². The molecule has 7 heteroatoms. The molecule has 2 fully saturated rings. The van der Waals surface area contributed by atoms with Gasteiger partial charge in [-0.05, 0) is 30.3 Å². The quantitative estimate of drug-likeness (QED) is 0.906. The van der Waals surface area contributed by atoms with Gasteiger partial charge in [0.2, 0.25) is 0 Å². The summed E-state index contributed by atoms with van der Waals surface area (Å²) in [6, 6.07) is 7.57. The van der Waals surface area contributed by atoms with E-state index in [1.54, 1.807) is 24.4 Å². The second-order valence-corrected chi connectivity index (χ2v) is 6.73. The highest BCUT2D eigenvalue weighted by atomic mass is 19.1. The van der Waals surface area contributed by atoms with Gasteiger partial charge in [-0.3, -0.25) is 0 Å². The molecule has 2 saturated heterocycles. The van der Waals surface area contributed by atoms with Gasteiger partial charge in [0.1, 0.15) is 29.7 Å². The van der Waals surface area contributed by atoms with Gasteiger partial charge in [-0.1, -0.05) is 0 Å². The highest BCUT2D eigenvalue weighted by Gasteiger charge is 2.36. The topological polar surface area (TPSA) is 60.6 Å². The molecule has 138 valence electrons. The zero-order valence-corrected chi connectivity index (χ0v) is 14.3. The van der Waals surface area contributed by atoms with Gasteiger partial charge < -0.3 is 20.1 Å². The Morgan fingerprint density at radius 3 is 2.88 bits per heavy atom. The molecule has 1 unspecified atom stereocenters. The van der Waals surface area contributed by atoms with Crippen LogP contribution in [-0.4, -0.2) is 37.0 Å². The van der Waals surface area contributed by atoms with Crippen LogP contribution in [0.3, 0.4) is 0 Å². The minimum Gasteiger partial charge on any atom is -0.488 e.